The highest BCUT2D eigenvalue weighted by Gasteiger charge is 2.39. The summed E-state index contributed by atoms with van der Waals surface area (Å²) in [5.41, 5.74) is 12.7. The summed E-state index contributed by atoms with van der Waals surface area (Å²) in [4.78, 5) is 12.6. The van der Waals surface area contributed by atoms with Crippen LogP contribution in [0.15, 0.2) is 133 Å². The van der Waals surface area contributed by atoms with E-state index >= 15 is 0 Å². The van der Waals surface area contributed by atoms with Crippen LogP contribution in [-0.2, 0) is 15.6 Å². The van der Waals surface area contributed by atoms with Gasteiger partial charge in [0.25, 0.3) is 0 Å². The summed E-state index contributed by atoms with van der Waals surface area (Å²) < 4.78 is 8.95. The third-order valence-corrected chi connectivity index (χ3v) is 11.9. The fourth-order valence-corrected chi connectivity index (χ4v) is 9.01. The fraction of sp³-hybridized carbons (Fsp3) is 0.250. The number of fused-ring (bicyclic) bond motifs is 6. The molecule has 2 atom stereocenters. The van der Waals surface area contributed by atoms with Gasteiger partial charge in [0.1, 0.15) is 11.9 Å². The molecule has 1 saturated carbocycles. The van der Waals surface area contributed by atoms with Crippen molar-refractivity contribution >= 4 is 44.8 Å². The maximum absolute atomic E-state index is 6.59. The third-order valence-electron chi connectivity index (χ3n) is 11.9. The smallest absolute Gasteiger partial charge is 0.216 e. The number of pyridine rings is 1. The van der Waals surface area contributed by atoms with E-state index in [0.717, 1.165) is 52.4 Å². The molecule has 5 nitrogen and oxygen atoms in total. The molecule has 0 amide bonds. The van der Waals surface area contributed by atoms with Crippen molar-refractivity contribution in [3.63, 3.8) is 0 Å². The van der Waals surface area contributed by atoms with E-state index < -0.39 is 0 Å². The van der Waals surface area contributed by atoms with Gasteiger partial charge in [-0.15, -0.1) is 0 Å². The second kappa shape index (κ2) is 11.7. The monoisotopic (exact) mass is 692 g/mol. The van der Waals surface area contributed by atoms with Crippen LogP contribution in [0.1, 0.15) is 76.1 Å². The normalized spacial score (nSPS) is 18.8. The minimum atomic E-state index is -0.250. The van der Waals surface area contributed by atoms with Crippen LogP contribution in [-0.4, -0.2) is 27.6 Å². The van der Waals surface area contributed by atoms with Gasteiger partial charge in [0.15, 0.2) is 0 Å². The minimum absolute atomic E-state index is 0.00634. The molecular weight excluding hydrogens is 649 g/mol. The Morgan fingerprint density at radius 1 is 0.679 bits per heavy atom. The molecule has 7 aromatic rings. The van der Waals surface area contributed by atoms with Crippen LogP contribution in [0.3, 0.4) is 0 Å². The summed E-state index contributed by atoms with van der Waals surface area (Å²) >= 11 is 0. The maximum Gasteiger partial charge on any atom is 0.216 e. The Morgan fingerprint density at radius 3 is 2.28 bits per heavy atom. The predicted molar refractivity (Wildman–Crippen MR) is 219 cm³/mol. The Labute approximate surface area is 311 Å². The summed E-state index contributed by atoms with van der Waals surface area (Å²) in [6.07, 6.45) is 5.49. The van der Waals surface area contributed by atoms with Crippen LogP contribution in [0.2, 0.25) is 0 Å². The lowest BCUT2D eigenvalue weighted by atomic mass is 9.73. The first-order chi connectivity index (χ1) is 25.6. The summed E-state index contributed by atoms with van der Waals surface area (Å²) in [5, 5.41) is 2.46. The Bertz CT molecular complexity index is 2610. The average molecular weight is 693 g/mol. The zero-order valence-corrected chi connectivity index (χ0v) is 31.1. The first kappa shape index (κ1) is 32.0. The number of ether oxygens (including phenoxy) is 1. The van der Waals surface area contributed by atoms with Crippen LogP contribution in [0.25, 0.3) is 38.8 Å². The molecule has 10 rings (SSSR count). The molecule has 0 spiro atoms. The molecule has 0 saturated heterocycles. The number of nitrogens with zero attached hydrogens (tertiary/aromatic N) is 4. The fourth-order valence-electron chi connectivity index (χ4n) is 9.01. The summed E-state index contributed by atoms with van der Waals surface area (Å²) in [6.45, 7) is 11.5. The van der Waals surface area contributed by atoms with Crippen molar-refractivity contribution in [2.45, 2.75) is 76.9 Å². The molecule has 1 aliphatic carbocycles. The van der Waals surface area contributed by atoms with Gasteiger partial charge in [-0.3, -0.25) is 4.57 Å². The zero-order valence-electron chi connectivity index (χ0n) is 31.1. The van der Waals surface area contributed by atoms with E-state index in [-0.39, 0.29) is 23.0 Å². The number of hydrogen-bond donors (Lipinski definition) is 0. The molecule has 0 radical (unpaired) electrons. The number of rotatable bonds is 4. The number of para-hydroxylation sites is 2. The molecule has 5 heteroatoms. The van der Waals surface area contributed by atoms with E-state index in [9.17, 15) is 0 Å². The van der Waals surface area contributed by atoms with Crippen LogP contribution in [0, 0.1) is 0 Å². The summed E-state index contributed by atoms with van der Waals surface area (Å²) in [5.74, 6) is 1.70. The van der Waals surface area contributed by atoms with Crippen molar-refractivity contribution in [2.75, 3.05) is 4.90 Å². The molecule has 5 aromatic carbocycles. The van der Waals surface area contributed by atoms with E-state index in [4.69, 9.17) is 14.7 Å². The largest absolute Gasteiger partial charge is 0.472 e. The van der Waals surface area contributed by atoms with Gasteiger partial charge < -0.3 is 9.64 Å². The standard InChI is InChI=1S/C48H44N4O/c1-47(2,3)33-22-23-49-45(27-33)52-40-19-11-9-16-35(40)36-28-38-43(29-42(36)52)51(41-20-12-10-17-37(41)48(38,4)5)34-25-31(30-14-7-6-8-15-30)24-32(26-34)46-50-39-18-13-21-44(39)53-46/h6-12,14-17,19-20,22-29,39,44H,13,18,21H2,1-5H3/t39-,44+/m1/s1. The Morgan fingerprint density at radius 2 is 1.45 bits per heavy atom. The molecule has 0 bridgehead atoms. The molecule has 0 N–H and O–H groups in total. The first-order valence-corrected chi connectivity index (χ1v) is 19.0. The number of hydrogen-bond acceptors (Lipinski definition) is 4. The molecule has 3 aliphatic rings. The van der Waals surface area contributed by atoms with Crippen LogP contribution >= 0.6 is 0 Å². The molecule has 53 heavy (non-hydrogen) atoms. The van der Waals surface area contributed by atoms with E-state index in [2.05, 4.69) is 165 Å². The van der Waals surface area contributed by atoms with Gasteiger partial charge in [-0.1, -0.05) is 101 Å². The van der Waals surface area contributed by atoms with Crippen LogP contribution in [0.4, 0.5) is 17.1 Å². The Balaban J connectivity index is 1.26. The van der Waals surface area contributed by atoms with E-state index in [1.54, 1.807) is 0 Å². The SMILES string of the molecule is CC(C)(C)c1ccnc(-n2c3ccccc3c3cc4c(cc32)N(c2cc(C3=N[C@@H]5CCC[C@@H]5O3)cc(-c3ccccc3)c2)c2ccccc2C4(C)C)c1. The average Bonchev–Trinajstić information content (AvgIpc) is 3.87. The van der Waals surface area contributed by atoms with Crippen molar-refractivity contribution in [2.24, 2.45) is 4.99 Å². The van der Waals surface area contributed by atoms with Gasteiger partial charge in [-0.25, -0.2) is 9.98 Å². The van der Waals surface area contributed by atoms with Gasteiger partial charge in [0.2, 0.25) is 5.90 Å². The number of aliphatic imine (C=N–C) groups is 1. The summed E-state index contributed by atoms with van der Waals surface area (Å²) in [6, 6.07) is 44.8. The van der Waals surface area contributed by atoms with Gasteiger partial charge in [0.05, 0.1) is 28.5 Å². The number of anilines is 3. The Kier molecular flexibility index (Phi) is 7.04. The van der Waals surface area contributed by atoms with E-state index in [0.29, 0.717) is 0 Å². The highest BCUT2D eigenvalue weighted by atomic mass is 16.5. The van der Waals surface area contributed by atoms with Crippen LogP contribution < -0.4 is 4.90 Å². The third kappa shape index (κ3) is 5.04. The lowest BCUT2D eigenvalue weighted by Crippen LogP contribution is -2.30. The molecule has 2 aromatic heterocycles. The number of aromatic nitrogens is 2. The second-order valence-electron chi connectivity index (χ2n) is 16.6. The molecule has 262 valence electrons. The Hall–Kier alpha value is -5.68. The van der Waals surface area contributed by atoms with Crippen LogP contribution in [0.5, 0.6) is 0 Å². The molecule has 1 fully saturated rings. The van der Waals surface area contributed by atoms with Crippen molar-refractivity contribution in [3.05, 3.63) is 150 Å². The molecule has 0 unspecified atom stereocenters. The summed E-state index contributed by atoms with van der Waals surface area (Å²) in [7, 11) is 0. The maximum atomic E-state index is 6.59. The first-order valence-electron chi connectivity index (χ1n) is 19.0. The second-order valence-corrected chi connectivity index (χ2v) is 16.6. The topological polar surface area (TPSA) is 42.7 Å². The van der Waals surface area contributed by atoms with Gasteiger partial charge in [0, 0.05) is 33.6 Å². The molecular formula is C48H44N4O. The minimum Gasteiger partial charge on any atom is -0.472 e. The lowest BCUT2D eigenvalue weighted by molar-refractivity contribution is 0.211. The van der Waals surface area contributed by atoms with Crippen molar-refractivity contribution in [1.29, 1.82) is 0 Å². The molecule has 2 aliphatic heterocycles. The molecule has 4 heterocycles. The van der Waals surface area contributed by atoms with Crippen molar-refractivity contribution in [1.82, 2.24) is 9.55 Å². The van der Waals surface area contributed by atoms with Crippen molar-refractivity contribution in [3.8, 4) is 16.9 Å². The predicted octanol–water partition coefficient (Wildman–Crippen LogP) is 12.0. The van der Waals surface area contributed by atoms with E-state index in [1.165, 1.54) is 50.8 Å². The number of benzene rings is 5. The van der Waals surface area contributed by atoms with E-state index in [1.807, 2.05) is 6.20 Å². The quantitative estimate of drug-likeness (QED) is 0.184. The van der Waals surface area contributed by atoms with Gasteiger partial charge in [-0.05, 0) is 107 Å². The van der Waals surface area contributed by atoms with Gasteiger partial charge >= 0.3 is 0 Å². The highest BCUT2D eigenvalue weighted by Crippen LogP contribution is 2.54. The van der Waals surface area contributed by atoms with Gasteiger partial charge in [-0.2, -0.15) is 0 Å². The highest BCUT2D eigenvalue weighted by molar-refractivity contribution is 6.11. The zero-order chi connectivity index (χ0) is 36.1. The lowest BCUT2D eigenvalue weighted by Gasteiger charge is -2.42. The van der Waals surface area contributed by atoms with Crippen molar-refractivity contribution < 1.29 is 4.74 Å².